The fraction of sp³-hybridized carbons (Fsp3) is 0.545. The summed E-state index contributed by atoms with van der Waals surface area (Å²) in [5.41, 5.74) is -1.33. The van der Waals surface area contributed by atoms with Crippen molar-refractivity contribution in [1.29, 1.82) is 0 Å². The third-order valence-electron chi connectivity index (χ3n) is 3.21. The number of sulfonamides is 1. The van der Waals surface area contributed by atoms with E-state index >= 15 is 0 Å². The van der Waals surface area contributed by atoms with Gasteiger partial charge in [-0.2, -0.15) is 4.72 Å². The van der Waals surface area contributed by atoms with E-state index < -0.39 is 21.5 Å². The zero-order valence-corrected chi connectivity index (χ0v) is 11.4. The van der Waals surface area contributed by atoms with Crippen molar-refractivity contribution in [3.8, 4) is 0 Å². The molecule has 0 atom stereocenters. The fourth-order valence-corrected chi connectivity index (χ4v) is 4.65. The lowest BCUT2D eigenvalue weighted by molar-refractivity contribution is -0.145. The summed E-state index contributed by atoms with van der Waals surface area (Å²) in [4.78, 5) is 11.4. The first kappa shape index (κ1) is 13.5. The quantitative estimate of drug-likeness (QED) is 0.885. The smallest absolute Gasteiger partial charge is 0.324 e. The van der Waals surface area contributed by atoms with Crippen LogP contribution in [0.3, 0.4) is 0 Å². The molecule has 18 heavy (non-hydrogen) atoms. The number of rotatable bonds is 4. The van der Waals surface area contributed by atoms with Gasteiger partial charge >= 0.3 is 5.97 Å². The van der Waals surface area contributed by atoms with Gasteiger partial charge in [0.15, 0.2) is 0 Å². The van der Waals surface area contributed by atoms with E-state index in [0.717, 1.165) is 30.6 Å². The molecule has 1 aromatic heterocycles. The number of hydrogen-bond acceptors (Lipinski definition) is 4. The lowest BCUT2D eigenvalue weighted by atomic mass is 9.83. The van der Waals surface area contributed by atoms with Gasteiger partial charge in [0.1, 0.15) is 9.75 Å². The van der Waals surface area contributed by atoms with E-state index in [4.69, 9.17) is 0 Å². The largest absolute Gasteiger partial charge is 0.480 e. The van der Waals surface area contributed by atoms with E-state index in [1.54, 1.807) is 11.4 Å². The van der Waals surface area contributed by atoms with Crippen LogP contribution in [0.1, 0.15) is 32.1 Å². The third-order valence-corrected chi connectivity index (χ3v) is 6.14. The van der Waals surface area contributed by atoms with Crippen LogP contribution in [0.5, 0.6) is 0 Å². The van der Waals surface area contributed by atoms with Crippen LogP contribution in [0.25, 0.3) is 0 Å². The second-order valence-electron chi connectivity index (χ2n) is 4.49. The molecule has 1 saturated carbocycles. The van der Waals surface area contributed by atoms with E-state index in [-0.39, 0.29) is 4.21 Å². The predicted molar refractivity (Wildman–Crippen MR) is 68.1 cm³/mol. The summed E-state index contributed by atoms with van der Waals surface area (Å²) in [6.07, 6.45) is 3.13. The van der Waals surface area contributed by atoms with Gasteiger partial charge in [-0.25, -0.2) is 8.42 Å². The van der Waals surface area contributed by atoms with Crippen molar-refractivity contribution in [2.24, 2.45) is 0 Å². The summed E-state index contributed by atoms with van der Waals surface area (Å²) in [5.74, 6) is -1.08. The molecule has 1 aromatic rings. The van der Waals surface area contributed by atoms with E-state index in [0.29, 0.717) is 12.8 Å². The number of hydrogen-bond donors (Lipinski definition) is 2. The molecule has 1 heterocycles. The molecular weight excluding hydrogens is 274 g/mol. The first-order valence-electron chi connectivity index (χ1n) is 5.77. The predicted octanol–water partition coefficient (Wildman–Crippen LogP) is 1.81. The standard InChI is InChI=1S/C11H15NO4S2/c13-10(14)11(6-2-1-3-7-11)12-18(15,16)9-5-4-8-17-9/h4-5,8,12H,1-3,6-7H2,(H,13,14). The molecule has 1 aliphatic rings. The Hall–Kier alpha value is -0.920. The summed E-state index contributed by atoms with van der Waals surface area (Å²) in [5, 5.41) is 11.0. The molecule has 7 heteroatoms. The average Bonchev–Trinajstić information content (AvgIpc) is 2.83. The van der Waals surface area contributed by atoms with Crippen LogP contribution in [0.2, 0.25) is 0 Å². The Morgan fingerprint density at radius 1 is 1.33 bits per heavy atom. The van der Waals surface area contributed by atoms with E-state index in [2.05, 4.69) is 4.72 Å². The van der Waals surface area contributed by atoms with Crippen molar-refractivity contribution in [3.05, 3.63) is 17.5 Å². The van der Waals surface area contributed by atoms with E-state index in [9.17, 15) is 18.3 Å². The van der Waals surface area contributed by atoms with Crippen LogP contribution in [0, 0.1) is 0 Å². The van der Waals surface area contributed by atoms with Crippen molar-refractivity contribution in [1.82, 2.24) is 4.72 Å². The second kappa shape index (κ2) is 4.99. The minimum Gasteiger partial charge on any atom is -0.480 e. The maximum Gasteiger partial charge on any atom is 0.324 e. The number of thiophene rings is 1. The Morgan fingerprint density at radius 3 is 2.50 bits per heavy atom. The normalized spacial score (nSPS) is 19.6. The van der Waals surface area contributed by atoms with Gasteiger partial charge in [-0.05, 0) is 24.3 Å². The highest BCUT2D eigenvalue weighted by Crippen LogP contribution is 2.30. The summed E-state index contributed by atoms with van der Waals surface area (Å²) >= 11 is 1.09. The monoisotopic (exact) mass is 289 g/mol. The van der Waals surface area contributed by atoms with Gasteiger partial charge in [-0.15, -0.1) is 11.3 Å². The minimum absolute atomic E-state index is 0.161. The van der Waals surface area contributed by atoms with Gasteiger partial charge in [-0.3, -0.25) is 4.79 Å². The Bertz CT molecular complexity index is 515. The lowest BCUT2D eigenvalue weighted by Gasteiger charge is -2.33. The average molecular weight is 289 g/mol. The van der Waals surface area contributed by atoms with Crippen molar-refractivity contribution in [3.63, 3.8) is 0 Å². The van der Waals surface area contributed by atoms with Gasteiger partial charge in [0.2, 0.25) is 0 Å². The van der Waals surface area contributed by atoms with Crippen molar-refractivity contribution >= 4 is 27.3 Å². The van der Waals surface area contributed by atoms with Crippen LogP contribution in [-0.2, 0) is 14.8 Å². The summed E-state index contributed by atoms with van der Waals surface area (Å²) < 4.78 is 26.8. The third kappa shape index (κ3) is 2.57. The second-order valence-corrected chi connectivity index (χ2v) is 7.34. The fourth-order valence-electron chi connectivity index (χ4n) is 2.24. The molecule has 0 spiro atoms. The number of carbonyl (C=O) groups is 1. The molecule has 2 N–H and O–H groups in total. The zero-order valence-electron chi connectivity index (χ0n) is 9.76. The molecule has 2 rings (SSSR count). The molecule has 0 unspecified atom stereocenters. The molecule has 100 valence electrons. The molecule has 0 aromatic carbocycles. The van der Waals surface area contributed by atoms with Crippen LogP contribution in [0.15, 0.2) is 21.7 Å². The molecule has 0 saturated heterocycles. The van der Waals surface area contributed by atoms with Gasteiger partial charge in [0.25, 0.3) is 10.0 Å². The Labute approximate surface area is 110 Å². The highest BCUT2D eigenvalue weighted by molar-refractivity contribution is 7.91. The minimum atomic E-state index is -3.73. The van der Waals surface area contributed by atoms with E-state index in [1.807, 2.05) is 0 Å². The number of carboxylic acid groups (broad SMARTS) is 1. The highest BCUT2D eigenvalue weighted by Gasteiger charge is 2.43. The van der Waals surface area contributed by atoms with Gasteiger partial charge in [0.05, 0.1) is 0 Å². The van der Waals surface area contributed by atoms with Crippen LogP contribution >= 0.6 is 11.3 Å². The van der Waals surface area contributed by atoms with E-state index in [1.165, 1.54) is 6.07 Å². The zero-order chi connectivity index (χ0) is 13.2. The summed E-state index contributed by atoms with van der Waals surface area (Å²) in [6, 6.07) is 3.11. The number of nitrogens with one attached hydrogen (secondary N) is 1. The summed E-state index contributed by atoms with van der Waals surface area (Å²) in [6.45, 7) is 0. The molecule has 0 bridgehead atoms. The number of carboxylic acids is 1. The SMILES string of the molecule is O=C(O)C1(NS(=O)(=O)c2cccs2)CCCCC1. The molecular formula is C11H15NO4S2. The van der Waals surface area contributed by atoms with Crippen molar-refractivity contribution in [2.45, 2.75) is 41.9 Å². The Balaban J connectivity index is 2.27. The molecule has 0 aliphatic heterocycles. The lowest BCUT2D eigenvalue weighted by Crippen LogP contribution is -2.55. The molecule has 1 fully saturated rings. The van der Waals surface area contributed by atoms with Gasteiger partial charge < -0.3 is 5.11 Å². The Kier molecular flexibility index (Phi) is 3.74. The van der Waals surface area contributed by atoms with Crippen LogP contribution in [-0.4, -0.2) is 25.0 Å². The van der Waals surface area contributed by atoms with Crippen molar-refractivity contribution in [2.75, 3.05) is 0 Å². The Morgan fingerprint density at radius 2 is 2.00 bits per heavy atom. The van der Waals surface area contributed by atoms with Crippen LogP contribution < -0.4 is 4.72 Å². The maximum absolute atomic E-state index is 12.1. The molecule has 0 amide bonds. The maximum atomic E-state index is 12.1. The summed E-state index contributed by atoms with van der Waals surface area (Å²) in [7, 11) is -3.73. The topological polar surface area (TPSA) is 83.5 Å². The molecule has 5 nitrogen and oxygen atoms in total. The van der Waals surface area contributed by atoms with Crippen molar-refractivity contribution < 1.29 is 18.3 Å². The molecule has 0 radical (unpaired) electrons. The molecule has 1 aliphatic carbocycles. The van der Waals surface area contributed by atoms with Gasteiger partial charge in [0, 0.05) is 0 Å². The highest BCUT2D eigenvalue weighted by atomic mass is 32.2. The van der Waals surface area contributed by atoms with Gasteiger partial charge in [-0.1, -0.05) is 25.3 Å². The first-order chi connectivity index (χ1) is 8.46. The number of aliphatic carboxylic acids is 1. The van der Waals surface area contributed by atoms with Crippen LogP contribution in [0.4, 0.5) is 0 Å². The first-order valence-corrected chi connectivity index (χ1v) is 8.13.